The summed E-state index contributed by atoms with van der Waals surface area (Å²) in [6, 6.07) is 13.8. The van der Waals surface area contributed by atoms with Crippen molar-refractivity contribution in [2.45, 2.75) is 64.5 Å². The second kappa shape index (κ2) is 10.2. The molecule has 1 aliphatic carbocycles. The van der Waals surface area contributed by atoms with Crippen LogP contribution in [0.25, 0.3) is 0 Å². The number of nitrogens with one attached hydrogen (secondary N) is 1. The number of carbonyl (C=O) groups excluding carboxylic acids is 1. The summed E-state index contributed by atoms with van der Waals surface area (Å²) in [6.07, 6.45) is 8.41. The molecular weight excluding hydrogens is 350 g/mol. The van der Waals surface area contributed by atoms with Crippen molar-refractivity contribution in [2.24, 2.45) is 0 Å². The van der Waals surface area contributed by atoms with Gasteiger partial charge < -0.3 is 14.8 Å². The van der Waals surface area contributed by atoms with Crippen molar-refractivity contribution < 1.29 is 14.3 Å². The molecule has 150 valence electrons. The predicted octanol–water partition coefficient (Wildman–Crippen LogP) is 5.43. The van der Waals surface area contributed by atoms with Crippen LogP contribution in [0.4, 0.5) is 0 Å². The monoisotopic (exact) mass is 381 g/mol. The molecule has 0 heterocycles. The average Bonchev–Trinajstić information content (AvgIpc) is 2.68. The lowest BCUT2D eigenvalue weighted by molar-refractivity contribution is 0.0930. The van der Waals surface area contributed by atoms with Crippen LogP contribution in [0, 0.1) is 6.92 Å². The molecule has 0 unspecified atom stereocenters. The molecule has 28 heavy (non-hydrogen) atoms. The summed E-state index contributed by atoms with van der Waals surface area (Å²) in [5, 5.41) is 3.23. The van der Waals surface area contributed by atoms with Crippen LogP contribution in [0.3, 0.4) is 0 Å². The Bertz CT molecular complexity index is 779. The van der Waals surface area contributed by atoms with E-state index in [2.05, 4.69) is 5.32 Å². The summed E-state index contributed by atoms with van der Waals surface area (Å²) in [7, 11) is 1.64. The van der Waals surface area contributed by atoms with Crippen LogP contribution in [0.15, 0.2) is 42.5 Å². The van der Waals surface area contributed by atoms with Crippen molar-refractivity contribution in [3.8, 4) is 11.5 Å². The highest BCUT2D eigenvalue weighted by atomic mass is 16.5. The quantitative estimate of drug-likeness (QED) is 0.726. The molecule has 3 rings (SSSR count). The van der Waals surface area contributed by atoms with E-state index < -0.39 is 0 Å². The summed E-state index contributed by atoms with van der Waals surface area (Å²) in [5.41, 5.74) is 2.68. The number of benzene rings is 2. The SMILES string of the molecule is COc1ccc(C(=O)NC2CCCCCCC2)cc1COc1cccc(C)c1. The lowest BCUT2D eigenvalue weighted by Crippen LogP contribution is -2.35. The van der Waals surface area contributed by atoms with Crippen molar-refractivity contribution in [1.29, 1.82) is 0 Å². The first kappa shape index (κ1) is 20.2. The molecule has 0 bridgehead atoms. The average molecular weight is 382 g/mol. The van der Waals surface area contributed by atoms with Crippen LogP contribution in [0.2, 0.25) is 0 Å². The Morgan fingerprint density at radius 3 is 2.50 bits per heavy atom. The summed E-state index contributed by atoms with van der Waals surface area (Å²) in [5.74, 6) is 1.53. The van der Waals surface area contributed by atoms with Crippen LogP contribution in [-0.4, -0.2) is 19.1 Å². The van der Waals surface area contributed by atoms with E-state index in [9.17, 15) is 4.79 Å². The Labute approximate surface area is 168 Å². The fraction of sp³-hybridized carbons (Fsp3) is 0.458. The summed E-state index contributed by atoms with van der Waals surface area (Å²) >= 11 is 0. The molecule has 0 spiro atoms. The van der Waals surface area contributed by atoms with Crippen LogP contribution in [-0.2, 0) is 6.61 Å². The van der Waals surface area contributed by atoms with E-state index >= 15 is 0 Å². The second-order valence-corrected chi connectivity index (χ2v) is 7.65. The van der Waals surface area contributed by atoms with Gasteiger partial charge in [-0.15, -0.1) is 0 Å². The Morgan fingerprint density at radius 2 is 1.79 bits per heavy atom. The molecule has 1 N–H and O–H groups in total. The highest BCUT2D eigenvalue weighted by Gasteiger charge is 2.16. The number of aryl methyl sites for hydroxylation is 1. The van der Waals surface area contributed by atoms with Gasteiger partial charge in [0.2, 0.25) is 0 Å². The number of ether oxygens (including phenoxy) is 2. The van der Waals surface area contributed by atoms with E-state index in [1.807, 2.05) is 49.4 Å². The van der Waals surface area contributed by atoms with Gasteiger partial charge in [-0.1, -0.05) is 44.2 Å². The van der Waals surface area contributed by atoms with Crippen LogP contribution in [0.5, 0.6) is 11.5 Å². The van der Waals surface area contributed by atoms with E-state index in [0.717, 1.165) is 35.5 Å². The van der Waals surface area contributed by atoms with Gasteiger partial charge in [-0.2, -0.15) is 0 Å². The first-order valence-corrected chi connectivity index (χ1v) is 10.3. The minimum absolute atomic E-state index is 0.00923. The molecule has 0 aliphatic heterocycles. The molecule has 1 saturated carbocycles. The maximum absolute atomic E-state index is 12.8. The molecule has 0 radical (unpaired) electrons. The second-order valence-electron chi connectivity index (χ2n) is 7.65. The van der Waals surface area contributed by atoms with Gasteiger partial charge in [0.25, 0.3) is 5.91 Å². The lowest BCUT2D eigenvalue weighted by atomic mass is 9.96. The third-order valence-electron chi connectivity index (χ3n) is 5.37. The van der Waals surface area contributed by atoms with Crippen molar-refractivity contribution in [3.05, 3.63) is 59.2 Å². The number of hydrogen-bond donors (Lipinski definition) is 1. The van der Waals surface area contributed by atoms with E-state index in [4.69, 9.17) is 9.47 Å². The summed E-state index contributed by atoms with van der Waals surface area (Å²) in [6.45, 7) is 2.39. The standard InChI is InChI=1S/C24H31NO3/c1-18-9-8-12-22(15-18)28-17-20-16-19(13-14-23(20)27-2)24(26)25-21-10-6-4-3-5-7-11-21/h8-9,12-16,21H,3-7,10-11,17H2,1-2H3,(H,25,26). The minimum Gasteiger partial charge on any atom is -0.496 e. The first-order valence-electron chi connectivity index (χ1n) is 10.3. The molecule has 1 fully saturated rings. The number of amides is 1. The number of carbonyl (C=O) groups is 1. The van der Waals surface area contributed by atoms with Crippen molar-refractivity contribution in [2.75, 3.05) is 7.11 Å². The third kappa shape index (κ3) is 5.75. The first-order chi connectivity index (χ1) is 13.7. The van der Waals surface area contributed by atoms with Gasteiger partial charge in [-0.25, -0.2) is 0 Å². The van der Waals surface area contributed by atoms with Gasteiger partial charge in [0.05, 0.1) is 7.11 Å². The topological polar surface area (TPSA) is 47.6 Å². The highest BCUT2D eigenvalue weighted by Crippen LogP contribution is 2.23. The molecule has 2 aromatic carbocycles. The largest absolute Gasteiger partial charge is 0.496 e. The van der Waals surface area contributed by atoms with Crippen molar-refractivity contribution in [1.82, 2.24) is 5.32 Å². The van der Waals surface area contributed by atoms with Crippen LogP contribution < -0.4 is 14.8 Å². The van der Waals surface area contributed by atoms with Gasteiger partial charge >= 0.3 is 0 Å². The molecule has 2 aromatic rings. The van der Waals surface area contributed by atoms with Crippen molar-refractivity contribution >= 4 is 5.91 Å². The zero-order valence-corrected chi connectivity index (χ0v) is 17.0. The van der Waals surface area contributed by atoms with Gasteiger partial charge in [-0.05, 0) is 55.7 Å². The number of hydrogen-bond acceptors (Lipinski definition) is 3. The van der Waals surface area contributed by atoms with Crippen LogP contribution >= 0.6 is 0 Å². The fourth-order valence-electron chi connectivity index (χ4n) is 3.77. The molecule has 1 amide bonds. The summed E-state index contributed by atoms with van der Waals surface area (Å²) in [4.78, 5) is 12.8. The van der Waals surface area contributed by atoms with E-state index in [1.165, 1.54) is 32.1 Å². The van der Waals surface area contributed by atoms with E-state index in [0.29, 0.717) is 12.2 Å². The number of methoxy groups -OCH3 is 1. The predicted molar refractivity (Wildman–Crippen MR) is 112 cm³/mol. The Kier molecular flexibility index (Phi) is 7.35. The molecule has 0 saturated heterocycles. The zero-order chi connectivity index (χ0) is 19.8. The zero-order valence-electron chi connectivity index (χ0n) is 17.0. The van der Waals surface area contributed by atoms with Gasteiger partial charge in [0.1, 0.15) is 18.1 Å². The molecule has 4 nitrogen and oxygen atoms in total. The van der Waals surface area contributed by atoms with Crippen molar-refractivity contribution in [3.63, 3.8) is 0 Å². The smallest absolute Gasteiger partial charge is 0.251 e. The minimum atomic E-state index is -0.00923. The van der Waals surface area contributed by atoms with Gasteiger partial charge in [0, 0.05) is 17.2 Å². The summed E-state index contributed by atoms with van der Waals surface area (Å²) < 4.78 is 11.4. The maximum Gasteiger partial charge on any atom is 0.251 e. The maximum atomic E-state index is 12.8. The van der Waals surface area contributed by atoms with Crippen LogP contribution in [0.1, 0.15) is 66.4 Å². The lowest BCUT2D eigenvalue weighted by Gasteiger charge is -2.21. The van der Waals surface area contributed by atoms with E-state index in [1.54, 1.807) is 7.11 Å². The van der Waals surface area contributed by atoms with Gasteiger partial charge in [0.15, 0.2) is 0 Å². The Morgan fingerprint density at radius 1 is 1.04 bits per heavy atom. The molecular formula is C24H31NO3. The van der Waals surface area contributed by atoms with Gasteiger partial charge in [-0.3, -0.25) is 4.79 Å². The number of rotatable bonds is 6. The molecule has 0 aromatic heterocycles. The molecule has 1 aliphatic rings. The van der Waals surface area contributed by atoms with E-state index in [-0.39, 0.29) is 11.9 Å². The fourth-order valence-corrected chi connectivity index (χ4v) is 3.77. The Hall–Kier alpha value is -2.49. The third-order valence-corrected chi connectivity index (χ3v) is 5.37. The normalized spacial score (nSPS) is 15.4. The Balaban J connectivity index is 1.67. The molecule has 0 atom stereocenters. The highest BCUT2D eigenvalue weighted by molar-refractivity contribution is 5.94. The molecule has 4 heteroatoms.